The quantitative estimate of drug-likeness (QED) is 0.595. The highest BCUT2D eigenvalue weighted by Crippen LogP contribution is 2.24. The van der Waals surface area contributed by atoms with Crippen molar-refractivity contribution in [3.8, 4) is 11.3 Å². The summed E-state index contributed by atoms with van der Waals surface area (Å²) in [6, 6.07) is 14.3. The Balaban J connectivity index is 1.55. The van der Waals surface area contributed by atoms with E-state index in [1.54, 1.807) is 18.2 Å². The smallest absolute Gasteiger partial charge is 0.224 e. The summed E-state index contributed by atoms with van der Waals surface area (Å²) in [6.45, 7) is 4.33. The molecule has 3 aromatic rings. The predicted molar refractivity (Wildman–Crippen MR) is 104 cm³/mol. The number of nitrogens with one attached hydrogen (secondary N) is 1. The van der Waals surface area contributed by atoms with E-state index in [2.05, 4.69) is 24.1 Å². The molecule has 0 aliphatic rings. The first-order chi connectivity index (χ1) is 13.1. The molecule has 2 aromatic carbocycles. The summed E-state index contributed by atoms with van der Waals surface area (Å²) in [4.78, 5) is 16.3. The maximum atomic E-state index is 13.8. The zero-order valence-electron chi connectivity index (χ0n) is 15.5. The minimum absolute atomic E-state index is 0.114. The fraction of sp³-hybridized carbons (Fsp3) is 0.273. The van der Waals surface area contributed by atoms with Crippen LogP contribution in [0.15, 0.2) is 59.1 Å². The first-order valence-electron chi connectivity index (χ1n) is 9.16. The fourth-order valence-electron chi connectivity index (χ4n) is 2.79. The molecular formula is C22H23FN2O2. The molecule has 0 fully saturated rings. The van der Waals surface area contributed by atoms with Gasteiger partial charge in [0.05, 0.1) is 11.8 Å². The first-order valence-corrected chi connectivity index (χ1v) is 9.16. The van der Waals surface area contributed by atoms with Crippen LogP contribution < -0.4 is 5.32 Å². The van der Waals surface area contributed by atoms with Crippen molar-refractivity contribution in [1.82, 2.24) is 4.98 Å². The number of anilines is 1. The van der Waals surface area contributed by atoms with Crippen molar-refractivity contribution in [3.63, 3.8) is 0 Å². The Hall–Kier alpha value is -2.95. The molecule has 0 radical (unpaired) electrons. The van der Waals surface area contributed by atoms with Gasteiger partial charge in [0.25, 0.3) is 0 Å². The van der Waals surface area contributed by atoms with E-state index in [9.17, 15) is 9.18 Å². The Bertz CT molecular complexity index is 903. The van der Waals surface area contributed by atoms with Crippen LogP contribution in [0.2, 0.25) is 0 Å². The van der Waals surface area contributed by atoms with Gasteiger partial charge in [-0.2, -0.15) is 0 Å². The Morgan fingerprint density at radius 1 is 1.19 bits per heavy atom. The van der Waals surface area contributed by atoms with Crippen LogP contribution in [0.3, 0.4) is 0 Å². The summed E-state index contributed by atoms with van der Waals surface area (Å²) in [6.07, 6.45) is 3.16. The molecule has 0 bridgehead atoms. The Labute approximate surface area is 158 Å². The maximum Gasteiger partial charge on any atom is 0.224 e. The van der Waals surface area contributed by atoms with Crippen LogP contribution in [0.1, 0.15) is 44.1 Å². The number of halogens is 1. The molecule has 0 saturated heterocycles. The molecule has 1 aromatic heterocycles. The summed E-state index contributed by atoms with van der Waals surface area (Å²) in [5.41, 5.74) is 2.39. The molecule has 0 unspecified atom stereocenters. The second-order valence-electron chi connectivity index (χ2n) is 6.58. The summed E-state index contributed by atoms with van der Waals surface area (Å²) in [5, 5.41) is 2.88. The lowest BCUT2D eigenvalue weighted by molar-refractivity contribution is -0.116. The van der Waals surface area contributed by atoms with E-state index in [0.717, 1.165) is 12.1 Å². The molecule has 1 atom stereocenters. The third-order valence-corrected chi connectivity index (χ3v) is 4.63. The maximum absolute atomic E-state index is 13.8. The topological polar surface area (TPSA) is 55.1 Å². The molecule has 0 saturated carbocycles. The van der Waals surface area contributed by atoms with Gasteiger partial charge in [-0.25, -0.2) is 9.37 Å². The van der Waals surface area contributed by atoms with Gasteiger partial charge >= 0.3 is 0 Å². The number of oxazole rings is 1. The van der Waals surface area contributed by atoms with Crippen molar-refractivity contribution in [1.29, 1.82) is 0 Å². The van der Waals surface area contributed by atoms with Crippen LogP contribution in [0.25, 0.3) is 11.3 Å². The highest BCUT2D eigenvalue weighted by Gasteiger charge is 2.12. The molecule has 27 heavy (non-hydrogen) atoms. The van der Waals surface area contributed by atoms with Gasteiger partial charge in [0.1, 0.15) is 5.82 Å². The van der Waals surface area contributed by atoms with Gasteiger partial charge in [0.2, 0.25) is 5.91 Å². The summed E-state index contributed by atoms with van der Waals surface area (Å²) < 4.78 is 19.4. The van der Waals surface area contributed by atoms with Crippen molar-refractivity contribution in [3.05, 3.63) is 72.0 Å². The number of carbonyl (C=O) groups excluding carboxylic acids is 1. The van der Waals surface area contributed by atoms with Gasteiger partial charge in [0.15, 0.2) is 11.7 Å². The fourth-order valence-corrected chi connectivity index (χ4v) is 2.79. The molecule has 1 heterocycles. The van der Waals surface area contributed by atoms with E-state index in [-0.39, 0.29) is 18.1 Å². The summed E-state index contributed by atoms with van der Waals surface area (Å²) >= 11 is 0. The number of nitrogens with zero attached hydrogens (tertiary/aromatic N) is 1. The molecule has 0 aliphatic carbocycles. The van der Waals surface area contributed by atoms with Crippen molar-refractivity contribution < 1.29 is 13.6 Å². The second kappa shape index (κ2) is 8.62. The SMILES string of the molecule is CC[C@@H](C)c1ccc(NC(=O)CCc2ncc(-c3ccccc3F)o2)cc1. The highest BCUT2D eigenvalue weighted by atomic mass is 19.1. The molecule has 4 nitrogen and oxygen atoms in total. The average molecular weight is 366 g/mol. The van der Waals surface area contributed by atoms with E-state index < -0.39 is 0 Å². The van der Waals surface area contributed by atoms with Gasteiger partial charge in [-0.1, -0.05) is 38.1 Å². The molecule has 1 N–H and O–H groups in total. The Morgan fingerprint density at radius 2 is 1.93 bits per heavy atom. The molecule has 1 amide bonds. The van der Waals surface area contributed by atoms with Crippen LogP contribution in [0.4, 0.5) is 10.1 Å². The Kier molecular flexibility index (Phi) is 6.01. The van der Waals surface area contributed by atoms with Crippen molar-refractivity contribution in [2.24, 2.45) is 0 Å². The van der Waals surface area contributed by atoms with Gasteiger partial charge < -0.3 is 9.73 Å². The number of hydrogen-bond donors (Lipinski definition) is 1. The third-order valence-electron chi connectivity index (χ3n) is 4.63. The largest absolute Gasteiger partial charge is 0.441 e. The van der Waals surface area contributed by atoms with Crippen LogP contribution in [0, 0.1) is 5.82 Å². The van der Waals surface area contributed by atoms with E-state index >= 15 is 0 Å². The van der Waals surface area contributed by atoms with E-state index in [1.807, 2.05) is 24.3 Å². The molecular weight excluding hydrogens is 343 g/mol. The molecule has 3 rings (SSSR count). The zero-order chi connectivity index (χ0) is 19.2. The van der Waals surface area contributed by atoms with Crippen molar-refractivity contribution in [2.75, 3.05) is 5.32 Å². The van der Waals surface area contributed by atoms with E-state index in [1.165, 1.54) is 17.8 Å². The van der Waals surface area contributed by atoms with Gasteiger partial charge in [-0.3, -0.25) is 4.79 Å². The van der Waals surface area contributed by atoms with E-state index in [4.69, 9.17) is 4.42 Å². The highest BCUT2D eigenvalue weighted by molar-refractivity contribution is 5.90. The normalized spacial score (nSPS) is 12.0. The minimum atomic E-state index is -0.362. The summed E-state index contributed by atoms with van der Waals surface area (Å²) in [5.74, 6) is 0.804. The minimum Gasteiger partial charge on any atom is -0.441 e. The van der Waals surface area contributed by atoms with Gasteiger partial charge in [-0.05, 0) is 42.2 Å². The number of amides is 1. The van der Waals surface area contributed by atoms with Crippen LogP contribution in [-0.2, 0) is 11.2 Å². The van der Waals surface area contributed by atoms with Crippen LogP contribution in [0.5, 0.6) is 0 Å². The molecule has 0 spiro atoms. The summed E-state index contributed by atoms with van der Waals surface area (Å²) in [7, 11) is 0. The number of aryl methyl sites for hydroxylation is 1. The van der Waals surface area contributed by atoms with Crippen LogP contribution in [-0.4, -0.2) is 10.9 Å². The molecule has 5 heteroatoms. The van der Waals surface area contributed by atoms with Gasteiger partial charge in [-0.15, -0.1) is 0 Å². The molecule has 0 aliphatic heterocycles. The lowest BCUT2D eigenvalue weighted by atomic mass is 9.99. The van der Waals surface area contributed by atoms with Gasteiger partial charge in [0, 0.05) is 18.5 Å². The third kappa shape index (κ3) is 4.82. The van der Waals surface area contributed by atoms with Crippen molar-refractivity contribution >= 4 is 11.6 Å². The zero-order valence-corrected chi connectivity index (χ0v) is 15.5. The number of aromatic nitrogens is 1. The average Bonchev–Trinajstić information content (AvgIpc) is 3.15. The number of rotatable bonds is 7. The monoisotopic (exact) mass is 366 g/mol. The van der Waals surface area contributed by atoms with Crippen molar-refractivity contribution in [2.45, 2.75) is 39.0 Å². The lowest BCUT2D eigenvalue weighted by Gasteiger charge is -2.10. The van der Waals surface area contributed by atoms with E-state index in [0.29, 0.717) is 29.6 Å². The number of benzene rings is 2. The Morgan fingerprint density at radius 3 is 2.63 bits per heavy atom. The standard InChI is InChI=1S/C22H23FN2O2/c1-3-15(2)16-8-10-17(11-9-16)25-21(26)12-13-22-24-14-20(27-22)18-6-4-5-7-19(18)23/h4-11,14-15H,3,12-13H2,1-2H3,(H,25,26)/t15-/m1/s1. The number of hydrogen-bond acceptors (Lipinski definition) is 3. The van der Waals surface area contributed by atoms with Crippen LogP contribution >= 0.6 is 0 Å². The predicted octanol–water partition coefficient (Wildman–Crippen LogP) is 5.57. The lowest BCUT2D eigenvalue weighted by Crippen LogP contribution is -2.12. The first kappa shape index (κ1) is 18.8. The molecule has 140 valence electrons. The second-order valence-corrected chi connectivity index (χ2v) is 6.58. The number of carbonyl (C=O) groups is 1.